The van der Waals surface area contributed by atoms with Crippen LogP contribution >= 0.6 is 0 Å². The molecule has 1 aromatic heterocycles. The van der Waals surface area contributed by atoms with Gasteiger partial charge in [0.25, 0.3) is 5.56 Å². The number of benzene rings is 3. The molecule has 12 heteroatoms. The van der Waals surface area contributed by atoms with E-state index in [9.17, 15) is 19.1 Å². The van der Waals surface area contributed by atoms with Crippen LogP contribution in [-0.2, 0) is 0 Å². The normalized spacial score (nSPS) is 14.5. The van der Waals surface area contributed by atoms with Crippen molar-refractivity contribution in [3.05, 3.63) is 82.7 Å². The second-order valence-electron chi connectivity index (χ2n) is 10.1. The molecule has 1 aliphatic rings. The molecule has 220 valence electrons. The molecule has 2 N–H and O–H groups in total. The number of urea groups is 1. The lowest BCUT2D eigenvalue weighted by molar-refractivity contribution is 0.253. The van der Waals surface area contributed by atoms with Gasteiger partial charge in [-0.05, 0) is 68.6 Å². The molecule has 4 aromatic rings. The van der Waals surface area contributed by atoms with Gasteiger partial charge in [-0.1, -0.05) is 0 Å². The van der Waals surface area contributed by atoms with Crippen LogP contribution < -0.4 is 30.3 Å². The molecule has 1 fully saturated rings. The number of phenolic OH excluding ortho intramolecular Hbond substituents is 1. The molecule has 1 aliphatic heterocycles. The molecular weight excluding hydrogens is 543 g/mol. The molecule has 1 saturated heterocycles. The summed E-state index contributed by atoms with van der Waals surface area (Å²) in [4.78, 5) is 36.5. The number of carbonyl (C=O) groups excluding carboxylic acids is 1. The lowest BCUT2D eigenvalue weighted by atomic mass is 10.1. The Morgan fingerprint density at radius 2 is 1.74 bits per heavy atom. The first-order valence-corrected chi connectivity index (χ1v) is 13.5. The van der Waals surface area contributed by atoms with E-state index in [0.29, 0.717) is 47.3 Å². The Hall–Kier alpha value is -4.84. The second-order valence-corrected chi connectivity index (χ2v) is 10.1. The van der Waals surface area contributed by atoms with Gasteiger partial charge in [0.05, 0.1) is 36.9 Å². The topological polar surface area (TPSA) is 112 Å². The van der Waals surface area contributed by atoms with Crippen molar-refractivity contribution in [3.63, 3.8) is 0 Å². The van der Waals surface area contributed by atoms with E-state index in [1.165, 1.54) is 60.2 Å². The first-order valence-electron chi connectivity index (χ1n) is 13.5. The van der Waals surface area contributed by atoms with Crippen LogP contribution in [0.4, 0.5) is 20.6 Å². The second kappa shape index (κ2) is 12.0. The van der Waals surface area contributed by atoms with Crippen molar-refractivity contribution in [3.8, 4) is 17.2 Å². The Morgan fingerprint density at radius 3 is 2.40 bits per heavy atom. The highest BCUT2D eigenvalue weighted by Crippen LogP contribution is 2.37. The van der Waals surface area contributed by atoms with Gasteiger partial charge in [0.1, 0.15) is 23.1 Å². The number of fused-ring (bicyclic) bond motifs is 1. The zero-order valence-electron chi connectivity index (χ0n) is 23.9. The molecule has 0 saturated carbocycles. The van der Waals surface area contributed by atoms with Gasteiger partial charge in [-0.3, -0.25) is 9.69 Å². The summed E-state index contributed by atoms with van der Waals surface area (Å²) >= 11 is 0. The average Bonchev–Trinajstić information content (AvgIpc) is 2.99. The van der Waals surface area contributed by atoms with Crippen molar-refractivity contribution in [2.75, 3.05) is 62.7 Å². The Labute approximate surface area is 242 Å². The molecule has 3 aromatic carbocycles. The zero-order chi connectivity index (χ0) is 30.0. The van der Waals surface area contributed by atoms with Crippen molar-refractivity contribution in [2.24, 2.45) is 0 Å². The van der Waals surface area contributed by atoms with E-state index in [-0.39, 0.29) is 16.7 Å². The molecule has 2 amide bonds. The molecule has 0 spiro atoms. The number of hydrogen-bond donors (Lipinski definition) is 2. The van der Waals surface area contributed by atoms with E-state index in [1.54, 1.807) is 31.2 Å². The van der Waals surface area contributed by atoms with E-state index < -0.39 is 17.9 Å². The third-order valence-electron chi connectivity index (χ3n) is 7.34. The van der Waals surface area contributed by atoms with Crippen LogP contribution in [-0.4, -0.2) is 73.1 Å². The number of methoxy groups -OCH3 is 2. The fourth-order valence-electron chi connectivity index (χ4n) is 5.03. The van der Waals surface area contributed by atoms with E-state index in [2.05, 4.69) is 10.2 Å². The maximum absolute atomic E-state index is 14.0. The number of nitrogens with zero attached hydrogens (tertiary/aromatic N) is 5. The van der Waals surface area contributed by atoms with Crippen LogP contribution in [0.25, 0.3) is 10.9 Å². The molecule has 11 nitrogen and oxygen atoms in total. The summed E-state index contributed by atoms with van der Waals surface area (Å²) in [5, 5.41) is 15.1. The third-order valence-corrected chi connectivity index (χ3v) is 7.34. The van der Waals surface area contributed by atoms with Gasteiger partial charge in [0.2, 0.25) is 0 Å². The number of halogens is 1. The van der Waals surface area contributed by atoms with Crippen molar-refractivity contribution in [2.45, 2.75) is 13.0 Å². The lowest BCUT2D eigenvalue weighted by Gasteiger charge is -2.38. The van der Waals surface area contributed by atoms with Crippen LogP contribution in [0.3, 0.4) is 0 Å². The predicted octanol–water partition coefficient (Wildman–Crippen LogP) is 3.94. The quantitative estimate of drug-likeness (QED) is 0.340. The minimum atomic E-state index is -0.807. The maximum atomic E-state index is 14.0. The lowest BCUT2D eigenvalue weighted by Crippen LogP contribution is -2.55. The van der Waals surface area contributed by atoms with Crippen LogP contribution in [0.2, 0.25) is 0 Å². The SMILES string of the molecule is COc1ccc(N(C(=O)Nc2ccc(F)cc2)C(C)c2nc3ccc(O)cc3c(=O)n2N2CCN(C)CC2)c(OC)c1. The summed E-state index contributed by atoms with van der Waals surface area (Å²) in [5.41, 5.74) is 0.799. The smallest absolute Gasteiger partial charge is 0.327 e. The summed E-state index contributed by atoms with van der Waals surface area (Å²) in [5.74, 6) is 0.720. The number of likely N-dealkylation sites (N-methyl/N-ethyl adjacent to an activating group) is 1. The fraction of sp³-hybridized carbons (Fsp3) is 0.300. The first-order chi connectivity index (χ1) is 20.2. The largest absolute Gasteiger partial charge is 0.508 e. The van der Waals surface area contributed by atoms with Crippen molar-refractivity contribution in [1.82, 2.24) is 14.6 Å². The number of amides is 2. The number of aromatic nitrogens is 2. The number of aromatic hydroxyl groups is 1. The number of piperazine rings is 1. The maximum Gasteiger partial charge on any atom is 0.327 e. The summed E-state index contributed by atoms with van der Waals surface area (Å²) < 4.78 is 26.1. The van der Waals surface area contributed by atoms with Gasteiger partial charge in [0.15, 0.2) is 5.82 Å². The Kier molecular flexibility index (Phi) is 8.16. The molecular formula is C30H33FN6O5. The number of phenols is 1. The molecule has 0 radical (unpaired) electrons. The minimum absolute atomic E-state index is 0.0459. The number of hydrogen-bond acceptors (Lipinski definition) is 8. The Bertz CT molecular complexity index is 1650. The Balaban J connectivity index is 1.69. The van der Waals surface area contributed by atoms with E-state index in [4.69, 9.17) is 14.5 Å². The van der Waals surface area contributed by atoms with Crippen LogP contribution in [0.1, 0.15) is 18.8 Å². The van der Waals surface area contributed by atoms with Gasteiger partial charge < -0.3 is 29.8 Å². The van der Waals surface area contributed by atoms with Crippen molar-refractivity contribution >= 4 is 28.3 Å². The number of rotatable bonds is 7. The highest BCUT2D eigenvalue weighted by Gasteiger charge is 2.32. The standard InChI is InChI=1S/C30H33FN6O5/c1-19(28-33-25-11-9-22(38)17-24(25)29(39)37(28)35-15-13-34(2)14-16-35)36(26-12-10-23(41-3)18-27(26)42-4)30(40)32-21-7-5-20(31)6-8-21/h5-12,17-19,38H,13-16H2,1-4H3,(H,32,40). The summed E-state index contributed by atoms with van der Waals surface area (Å²) in [6.45, 7) is 4.32. The van der Waals surface area contributed by atoms with Crippen molar-refractivity contribution in [1.29, 1.82) is 0 Å². The van der Waals surface area contributed by atoms with Crippen LogP contribution in [0.15, 0.2) is 65.5 Å². The number of ether oxygens (including phenoxy) is 2. The van der Waals surface area contributed by atoms with E-state index in [1.807, 2.05) is 12.1 Å². The van der Waals surface area contributed by atoms with E-state index >= 15 is 0 Å². The third kappa shape index (κ3) is 5.66. The molecule has 2 heterocycles. The number of nitrogens with one attached hydrogen (secondary N) is 1. The highest BCUT2D eigenvalue weighted by molar-refractivity contribution is 6.03. The molecule has 0 bridgehead atoms. The fourth-order valence-corrected chi connectivity index (χ4v) is 5.03. The van der Waals surface area contributed by atoms with Crippen LogP contribution in [0, 0.1) is 5.82 Å². The Morgan fingerprint density at radius 1 is 1.02 bits per heavy atom. The zero-order valence-corrected chi connectivity index (χ0v) is 23.9. The summed E-state index contributed by atoms with van der Waals surface area (Å²) in [6, 6.07) is 13.6. The molecule has 42 heavy (non-hydrogen) atoms. The molecule has 0 aliphatic carbocycles. The summed E-state index contributed by atoms with van der Waals surface area (Å²) in [7, 11) is 5.03. The number of carbonyl (C=O) groups is 1. The highest BCUT2D eigenvalue weighted by atomic mass is 19.1. The molecule has 1 atom stereocenters. The van der Waals surface area contributed by atoms with Gasteiger partial charge in [-0.2, -0.15) is 0 Å². The first kappa shape index (κ1) is 28.7. The number of anilines is 2. The van der Waals surface area contributed by atoms with Gasteiger partial charge in [0, 0.05) is 37.9 Å². The average molecular weight is 577 g/mol. The predicted molar refractivity (Wildman–Crippen MR) is 159 cm³/mol. The summed E-state index contributed by atoms with van der Waals surface area (Å²) in [6.07, 6.45) is 0. The van der Waals surface area contributed by atoms with Gasteiger partial charge >= 0.3 is 6.03 Å². The van der Waals surface area contributed by atoms with Gasteiger partial charge in [-0.25, -0.2) is 18.8 Å². The monoisotopic (exact) mass is 576 g/mol. The minimum Gasteiger partial charge on any atom is -0.508 e. The van der Waals surface area contributed by atoms with E-state index in [0.717, 1.165) is 13.1 Å². The van der Waals surface area contributed by atoms with Gasteiger partial charge in [-0.15, -0.1) is 0 Å². The molecule has 1 unspecified atom stereocenters. The van der Waals surface area contributed by atoms with Crippen molar-refractivity contribution < 1.29 is 23.8 Å². The molecule has 5 rings (SSSR count). The van der Waals surface area contributed by atoms with Crippen LogP contribution in [0.5, 0.6) is 17.2 Å².